The second-order valence-corrected chi connectivity index (χ2v) is 8.31. The van der Waals surface area contributed by atoms with Crippen LogP contribution in [0.4, 0.5) is 4.39 Å². The standard InChI is InChI=1S/C24H30FN3O4/c1-5-22(30)27(4)13-21-15(2)12-28(16(3)14-29)24(31)19-10-17(11-26-23(19)32-21)18-8-6-7-9-20(18)25/h6-11,15-16,21,29H,5,12-14H2,1-4H3/t15-,16-,21+/m1/s1. The monoisotopic (exact) mass is 443 g/mol. The number of benzene rings is 1. The normalized spacial score (nSPS) is 19.4. The molecule has 0 unspecified atom stereocenters. The molecule has 3 rings (SSSR count). The summed E-state index contributed by atoms with van der Waals surface area (Å²) in [7, 11) is 1.72. The molecule has 8 heteroatoms. The maximum Gasteiger partial charge on any atom is 0.259 e. The first-order valence-corrected chi connectivity index (χ1v) is 10.8. The second kappa shape index (κ2) is 10.1. The Bertz CT molecular complexity index is 983. The van der Waals surface area contributed by atoms with E-state index in [1.807, 2.05) is 6.92 Å². The SMILES string of the molecule is CCC(=O)N(C)C[C@@H]1Oc2ncc(-c3ccccc3F)cc2C(=O)N([C@H](C)CO)C[C@H]1C. The fourth-order valence-electron chi connectivity index (χ4n) is 3.80. The Morgan fingerprint density at radius 1 is 1.38 bits per heavy atom. The van der Waals surface area contributed by atoms with Crippen molar-refractivity contribution in [1.29, 1.82) is 0 Å². The molecule has 1 aromatic carbocycles. The summed E-state index contributed by atoms with van der Waals surface area (Å²) >= 11 is 0. The number of hydrogen-bond donors (Lipinski definition) is 1. The molecular formula is C24H30FN3O4. The number of hydrogen-bond acceptors (Lipinski definition) is 5. The molecule has 2 aromatic rings. The van der Waals surface area contributed by atoms with Crippen LogP contribution in [0.25, 0.3) is 11.1 Å². The molecule has 0 fully saturated rings. The van der Waals surface area contributed by atoms with Gasteiger partial charge in [0.15, 0.2) is 0 Å². The quantitative estimate of drug-likeness (QED) is 0.742. The van der Waals surface area contributed by atoms with Gasteiger partial charge in [0, 0.05) is 43.3 Å². The van der Waals surface area contributed by atoms with Gasteiger partial charge in [-0.2, -0.15) is 0 Å². The Morgan fingerprint density at radius 2 is 2.09 bits per heavy atom. The highest BCUT2D eigenvalue weighted by molar-refractivity contribution is 5.98. The smallest absolute Gasteiger partial charge is 0.259 e. The summed E-state index contributed by atoms with van der Waals surface area (Å²) in [5.74, 6) is -0.751. The molecule has 1 aliphatic heterocycles. The van der Waals surface area contributed by atoms with Gasteiger partial charge in [0.05, 0.1) is 19.2 Å². The van der Waals surface area contributed by atoms with Crippen LogP contribution in [0.1, 0.15) is 37.6 Å². The van der Waals surface area contributed by atoms with Gasteiger partial charge in [-0.1, -0.05) is 32.0 Å². The lowest BCUT2D eigenvalue weighted by Crippen LogP contribution is -2.50. The van der Waals surface area contributed by atoms with E-state index in [4.69, 9.17) is 4.74 Å². The van der Waals surface area contributed by atoms with Gasteiger partial charge in [0.2, 0.25) is 11.8 Å². The van der Waals surface area contributed by atoms with Crippen molar-refractivity contribution < 1.29 is 23.8 Å². The third-order valence-corrected chi connectivity index (χ3v) is 5.89. The molecule has 1 aromatic heterocycles. The zero-order valence-corrected chi connectivity index (χ0v) is 18.9. The lowest BCUT2D eigenvalue weighted by molar-refractivity contribution is -0.131. The van der Waals surface area contributed by atoms with E-state index in [2.05, 4.69) is 4.98 Å². The molecule has 0 radical (unpaired) electrons. The highest BCUT2D eigenvalue weighted by Gasteiger charge is 2.34. The van der Waals surface area contributed by atoms with Gasteiger partial charge in [-0.05, 0) is 19.1 Å². The number of ether oxygens (including phenoxy) is 1. The van der Waals surface area contributed by atoms with Crippen LogP contribution in [0.2, 0.25) is 0 Å². The van der Waals surface area contributed by atoms with Gasteiger partial charge in [-0.25, -0.2) is 9.37 Å². The number of amides is 2. The molecule has 2 amide bonds. The van der Waals surface area contributed by atoms with E-state index in [1.54, 1.807) is 55.0 Å². The minimum Gasteiger partial charge on any atom is -0.472 e. The number of rotatable bonds is 6. The first-order chi connectivity index (χ1) is 15.3. The number of aromatic nitrogens is 1. The van der Waals surface area contributed by atoms with E-state index in [9.17, 15) is 19.1 Å². The number of nitrogens with zero attached hydrogens (tertiary/aromatic N) is 3. The van der Waals surface area contributed by atoms with Crippen LogP contribution in [0.5, 0.6) is 5.88 Å². The van der Waals surface area contributed by atoms with Crippen LogP contribution in [0.15, 0.2) is 36.5 Å². The maximum atomic E-state index is 14.4. The molecular weight excluding hydrogens is 413 g/mol. The maximum absolute atomic E-state index is 14.4. The molecule has 32 heavy (non-hydrogen) atoms. The topological polar surface area (TPSA) is 83.0 Å². The number of likely N-dealkylation sites (N-methyl/N-ethyl adjacent to an activating group) is 1. The Balaban J connectivity index is 2.05. The zero-order chi connectivity index (χ0) is 23.4. The fourth-order valence-corrected chi connectivity index (χ4v) is 3.80. The minimum atomic E-state index is -0.427. The van der Waals surface area contributed by atoms with Crippen molar-refractivity contribution in [1.82, 2.24) is 14.8 Å². The molecule has 172 valence electrons. The highest BCUT2D eigenvalue weighted by Crippen LogP contribution is 2.31. The van der Waals surface area contributed by atoms with Crippen LogP contribution in [-0.4, -0.2) is 70.6 Å². The summed E-state index contributed by atoms with van der Waals surface area (Å²) in [6.07, 6.45) is 1.45. The van der Waals surface area contributed by atoms with Crippen molar-refractivity contribution in [2.75, 3.05) is 26.7 Å². The van der Waals surface area contributed by atoms with Gasteiger partial charge in [0.25, 0.3) is 5.91 Å². The number of fused-ring (bicyclic) bond motifs is 1. The molecule has 0 bridgehead atoms. The van der Waals surface area contributed by atoms with Crippen LogP contribution >= 0.6 is 0 Å². The largest absolute Gasteiger partial charge is 0.472 e. The average Bonchev–Trinajstić information content (AvgIpc) is 2.80. The fraction of sp³-hybridized carbons (Fsp3) is 0.458. The van der Waals surface area contributed by atoms with Crippen molar-refractivity contribution in [2.24, 2.45) is 5.92 Å². The zero-order valence-electron chi connectivity index (χ0n) is 18.9. The molecule has 7 nitrogen and oxygen atoms in total. The van der Waals surface area contributed by atoms with Crippen molar-refractivity contribution in [3.63, 3.8) is 0 Å². The number of halogens is 1. The van der Waals surface area contributed by atoms with Gasteiger partial charge in [-0.15, -0.1) is 0 Å². The van der Waals surface area contributed by atoms with E-state index in [-0.39, 0.29) is 35.8 Å². The van der Waals surface area contributed by atoms with Crippen LogP contribution in [0.3, 0.4) is 0 Å². The van der Waals surface area contributed by atoms with Gasteiger partial charge in [-0.3, -0.25) is 9.59 Å². The van der Waals surface area contributed by atoms with Crippen LogP contribution < -0.4 is 4.74 Å². The molecule has 0 spiro atoms. The number of pyridine rings is 1. The predicted molar refractivity (Wildman–Crippen MR) is 119 cm³/mol. The lowest BCUT2D eigenvalue weighted by atomic mass is 9.99. The molecule has 1 aliphatic rings. The third-order valence-electron chi connectivity index (χ3n) is 5.89. The highest BCUT2D eigenvalue weighted by atomic mass is 19.1. The van der Waals surface area contributed by atoms with Crippen LogP contribution in [-0.2, 0) is 4.79 Å². The summed E-state index contributed by atoms with van der Waals surface area (Å²) in [5.41, 5.74) is 0.990. The Kier molecular flexibility index (Phi) is 7.45. The van der Waals surface area contributed by atoms with E-state index < -0.39 is 18.0 Å². The second-order valence-electron chi connectivity index (χ2n) is 8.31. The Morgan fingerprint density at radius 3 is 2.75 bits per heavy atom. The molecule has 3 atom stereocenters. The minimum absolute atomic E-state index is 0.0115. The van der Waals surface area contributed by atoms with Crippen LogP contribution in [0, 0.1) is 11.7 Å². The number of aliphatic hydroxyl groups excluding tert-OH is 1. The van der Waals surface area contributed by atoms with Gasteiger partial charge < -0.3 is 19.6 Å². The van der Waals surface area contributed by atoms with E-state index >= 15 is 0 Å². The first-order valence-electron chi connectivity index (χ1n) is 10.8. The van der Waals surface area contributed by atoms with Gasteiger partial charge >= 0.3 is 0 Å². The first kappa shape index (κ1) is 23.7. The van der Waals surface area contributed by atoms with Crippen molar-refractivity contribution >= 4 is 11.8 Å². The Hall–Kier alpha value is -3.00. The van der Waals surface area contributed by atoms with Crippen molar-refractivity contribution in [3.8, 4) is 17.0 Å². The molecule has 1 N–H and O–H groups in total. The summed E-state index contributed by atoms with van der Waals surface area (Å²) in [4.78, 5) is 33.1. The van der Waals surface area contributed by atoms with Crippen molar-refractivity contribution in [2.45, 2.75) is 39.3 Å². The molecule has 0 aliphatic carbocycles. The summed E-state index contributed by atoms with van der Waals surface area (Å²) in [6, 6.07) is 7.43. The molecule has 0 saturated carbocycles. The van der Waals surface area contributed by atoms with E-state index in [0.29, 0.717) is 30.6 Å². The average molecular weight is 444 g/mol. The van der Waals surface area contributed by atoms with E-state index in [1.165, 1.54) is 12.3 Å². The summed E-state index contributed by atoms with van der Waals surface area (Å²) in [5, 5.41) is 9.74. The predicted octanol–water partition coefficient (Wildman–Crippen LogP) is 2.98. The Labute approximate surface area is 187 Å². The number of aliphatic hydroxyl groups is 1. The molecule has 0 saturated heterocycles. The third kappa shape index (κ3) is 4.91. The van der Waals surface area contributed by atoms with E-state index in [0.717, 1.165) is 0 Å². The lowest BCUT2D eigenvalue weighted by Gasteiger charge is -2.37. The summed E-state index contributed by atoms with van der Waals surface area (Å²) in [6.45, 7) is 5.97. The summed E-state index contributed by atoms with van der Waals surface area (Å²) < 4.78 is 20.5. The van der Waals surface area contributed by atoms with Crippen molar-refractivity contribution in [3.05, 3.63) is 47.9 Å². The number of carbonyl (C=O) groups excluding carboxylic acids is 2. The van der Waals surface area contributed by atoms with Gasteiger partial charge in [0.1, 0.15) is 17.5 Å². The molecule has 2 heterocycles. The number of carbonyl (C=O) groups is 2.